The fourth-order valence-electron chi connectivity index (χ4n) is 3.11. The second-order valence-corrected chi connectivity index (χ2v) is 6.42. The number of morpholine rings is 1. The first-order chi connectivity index (χ1) is 13.5. The smallest absolute Gasteiger partial charge is 0.414 e. The van der Waals surface area contributed by atoms with E-state index in [0.717, 1.165) is 0 Å². The van der Waals surface area contributed by atoms with Crippen LogP contribution in [0.3, 0.4) is 0 Å². The average Bonchev–Trinajstić information content (AvgIpc) is 3.11. The van der Waals surface area contributed by atoms with Crippen LogP contribution in [0.4, 0.5) is 15.9 Å². The van der Waals surface area contributed by atoms with E-state index in [1.807, 2.05) is 0 Å². The molecular formula is C17H17FN4O6. The zero-order valence-corrected chi connectivity index (χ0v) is 14.7. The summed E-state index contributed by atoms with van der Waals surface area (Å²) in [4.78, 5) is 27.2. The Labute approximate surface area is 158 Å². The van der Waals surface area contributed by atoms with Gasteiger partial charge in [-0.05, 0) is 22.6 Å². The first kappa shape index (κ1) is 18.3. The zero-order chi connectivity index (χ0) is 19.7. The van der Waals surface area contributed by atoms with Crippen LogP contribution in [0, 0.1) is 15.9 Å². The number of ether oxygens (including phenoxy) is 3. The van der Waals surface area contributed by atoms with Gasteiger partial charge in [-0.2, -0.15) is 0 Å². The largest absolute Gasteiger partial charge is 0.443 e. The molecule has 0 saturated carbocycles. The van der Waals surface area contributed by atoms with E-state index in [1.165, 1.54) is 21.7 Å². The van der Waals surface area contributed by atoms with Crippen molar-refractivity contribution in [1.29, 1.82) is 0 Å². The fraction of sp³-hybridized carbons (Fsp3) is 0.412. The zero-order valence-electron chi connectivity index (χ0n) is 14.7. The van der Waals surface area contributed by atoms with Gasteiger partial charge in [0.15, 0.2) is 0 Å². The maximum atomic E-state index is 14.5. The van der Waals surface area contributed by atoms with Crippen molar-refractivity contribution in [2.24, 2.45) is 0 Å². The molecule has 1 aromatic carbocycles. The van der Waals surface area contributed by atoms with E-state index < -0.39 is 10.7 Å². The second kappa shape index (κ2) is 7.52. The predicted molar refractivity (Wildman–Crippen MR) is 92.5 cm³/mol. The number of imidazole rings is 1. The lowest BCUT2D eigenvalue weighted by Gasteiger charge is -2.27. The summed E-state index contributed by atoms with van der Waals surface area (Å²) in [6.45, 7) is 1.29. The average molecular weight is 392 g/mol. The van der Waals surface area contributed by atoms with Gasteiger partial charge in [-0.15, -0.1) is 0 Å². The lowest BCUT2D eigenvalue weighted by Crippen LogP contribution is -2.42. The number of benzene rings is 1. The molecule has 3 heterocycles. The molecule has 11 heteroatoms. The van der Waals surface area contributed by atoms with Crippen LogP contribution in [-0.2, 0) is 27.4 Å². The monoisotopic (exact) mass is 392 g/mol. The van der Waals surface area contributed by atoms with Crippen LogP contribution in [0.2, 0.25) is 0 Å². The van der Waals surface area contributed by atoms with Gasteiger partial charge in [0.05, 0.1) is 25.4 Å². The van der Waals surface area contributed by atoms with E-state index in [2.05, 4.69) is 4.98 Å². The Balaban J connectivity index is 1.38. The summed E-state index contributed by atoms with van der Waals surface area (Å²) < 4.78 is 32.2. The van der Waals surface area contributed by atoms with Crippen LogP contribution in [0.1, 0.15) is 5.56 Å². The molecular weight excluding hydrogens is 375 g/mol. The maximum Gasteiger partial charge on any atom is 0.414 e. The van der Waals surface area contributed by atoms with Gasteiger partial charge in [-0.3, -0.25) is 9.36 Å². The van der Waals surface area contributed by atoms with Gasteiger partial charge in [-0.1, -0.05) is 6.07 Å². The number of nitro groups is 1. The van der Waals surface area contributed by atoms with E-state index in [-0.39, 0.29) is 49.3 Å². The number of hydrogen-bond acceptors (Lipinski definition) is 7. The van der Waals surface area contributed by atoms with E-state index in [0.29, 0.717) is 25.3 Å². The summed E-state index contributed by atoms with van der Waals surface area (Å²) in [5.41, 5.74) is 0.817. The summed E-state index contributed by atoms with van der Waals surface area (Å²) in [5, 5.41) is 10.8. The quantitative estimate of drug-likeness (QED) is 0.557. The minimum absolute atomic E-state index is 0.0552. The fourth-order valence-corrected chi connectivity index (χ4v) is 3.11. The Hall–Kier alpha value is -3.05. The number of aromatic nitrogens is 2. The van der Waals surface area contributed by atoms with Crippen LogP contribution in [0.25, 0.3) is 0 Å². The van der Waals surface area contributed by atoms with Crippen molar-refractivity contribution in [1.82, 2.24) is 9.55 Å². The predicted octanol–water partition coefficient (Wildman–Crippen LogP) is 1.27. The Bertz CT molecular complexity index is 917. The summed E-state index contributed by atoms with van der Waals surface area (Å²) in [6.07, 6.45) is 0.934. The molecule has 1 amide bonds. The van der Waals surface area contributed by atoms with E-state index in [1.54, 1.807) is 12.1 Å². The van der Waals surface area contributed by atoms with Gasteiger partial charge in [0.2, 0.25) is 0 Å². The number of anilines is 1. The van der Waals surface area contributed by atoms with Gasteiger partial charge < -0.3 is 29.2 Å². The lowest BCUT2D eigenvalue weighted by molar-refractivity contribution is -0.389. The Morgan fingerprint density at radius 2 is 2.29 bits per heavy atom. The molecule has 0 bridgehead atoms. The minimum atomic E-state index is -0.589. The number of carbonyl (C=O) groups is 1. The van der Waals surface area contributed by atoms with Crippen LogP contribution in [0.5, 0.6) is 6.01 Å². The molecule has 1 fully saturated rings. The van der Waals surface area contributed by atoms with Gasteiger partial charge in [-0.25, -0.2) is 4.39 Å². The first-order valence-electron chi connectivity index (χ1n) is 8.64. The highest BCUT2D eigenvalue weighted by atomic mass is 19.1. The molecule has 0 unspecified atom stereocenters. The van der Waals surface area contributed by atoms with Crippen molar-refractivity contribution < 1.29 is 28.3 Å². The molecule has 1 aromatic heterocycles. The Morgan fingerprint density at radius 3 is 3.04 bits per heavy atom. The Kier molecular flexibility index (Phi) is 4.92. The van der Waals surface area contributed by atoms with Crippen molar-refractivity contribution in [3.05, 3.63) is 45.9 Å². The number of carbonyl (C=O) groups excluding carboxylic acids is 1. The van der Waals surface area contributed by atoms with Crippen LogP contribution >= 0.6 is 0 Å². The normalized spacial score (nSPS) is 19.2. The second-order valence-electron chi connectivity index (χ2n) is 6.42. The number of fused-ring (bicyclic) bond motifs is 1. The highest BCUT2D eigenvalue weighted by molar-refractivity contribution is 5.94. The number of amides is 1. The van der Waals surface area contributed by atoms with Gasteiger partial charge in [0.25, 0.3) is 5.91 Å². The van der Waals surface area contributed by atoms with Gasteiger partial charge in [0, 0.05) is 11.5 Å². The molecule has 148 valence electrons. The van der Waals surface area contributed by atoms with Crippen molar-refractivity contribution in [2.75, 3.05) is 31.3 Å². The third kappa shape index (κ3) is 3.66. The molecule has 0 aliphatic carbocycles. The van der Waals surface area contributed by atoms with Crippen molar-refractivity contribution in [3.8, 4) is 6.01 Å². The third-order valence-electron chi connectivity index (χ3n) is 4.49. The molecule has 1 saturated heterocycles. The summed E-state index contributed by atoms with van der Waals surface area (Å²) in [5.74, 6) is -1.08. The summed E-state index contributed by atoms with van der Waals surface area (Å²) in [7, 11) is 0. The van der Waals surface area contributed by atoms with Crippen LogP contribution in [-0.4, -0.2) is 52.9 Å². The SMILES string of the molecule is O=C1COCCN1c1ccc(CO[C@@H]2COc3nc([N+](=O)[O-])cn3C2)cc1F. The molecule has 0 N–H and O–H groups in total. The molecule has 1 atom stereocenters. The lowest BCUT2D eigenvalue weighted by atomic mass is 10.2. The van der Waals surface area contributed by atoms with E-state index in [4.69, 9.17) is 14.2 Å². The third-order valence-corrected chi connectivity index (χ3v) is 4.49. The highest BCUT2D eigenvalue weighted by Gasteiger charge is 2.28. The molecule has 2 aliphatic heterocycles. The maximum absolute atomic E-state index is 14.5. The summed E-state index contributed by atoms with van der Waals surface area (Å²) in [6, 6.07) is 4.75. The molecule has 0 spiro atoms. The Morgan fingerprint density at radius 1 is 1.43 bits per heavy atom. The van der Waals surface area contributed by atoms with Crippen LogP contribution in [0.15, 0.2) is 24.4 Å². The molecule has 0 radical (unpaired) electrons. The number of hydrogen-bond donors (Lipinski definition) is 0. The first-order valence-corrected chi connectivity index (χ1v) is 8.64. The molecule has 10 nitrogen and oxygen atoms in total. The van der Waals surface area contributed by atoms with Gasteiger partial charge in [0.1, 0.15) is 31.3 Å². The topological polar surface area (TPSA) is 109 Å². The minimum Gasteiger partial charge on any atom is -0.443 e. The summed E-state index contributed by atoms with van der Waals surface area (Å²) >= 11 is 0. The molecule has 4 rings (SSSR count). The molecule has 2 aliphatic rings. The van der Waals surface area contributed by atoms with E-state index in [9.17, 15) is 19.3 Å². The van der Waals surface area contributed by atoms with Crippen molar-refractivity contribution in [3.63, 3.8) is 0 Å². The number of nitrogens with zero attached hydrogens (tertiary/aromatic N) is 4. The van der Waals surface area contributed by atoms with Crippen LogP contribution < -0.4 is 9.64 Å². The number of rotatable bonds is 5. The molecule has 2 aromatic rings. The standard InChI is InChI=1S/C17H17FN4O6/c18-13-5-11(1-2-14(13)21-3-4-26-10-16(21)23)8-27-12-6-20-7-15(22(24)25)19-17(20)28-9-12/h1-2,5,7,12H,3-4,6,8-10H2/t12-/m0/s1. The molecule has 28 heavy (non-hydrogen) atoms. The highest BCUT2D eigenvalue weighted by Crippen LogP contribution is 2.25. The van der Waals surface area contributed by atoms with Crippen molar-refractivity contribution >= 4 is 17.4 Å². The number of halogens is 1. The van der Waals surface area contributed by atoms with Crippen molar-refractivity contribution in [2.45, 2.75) is 19.3 Å². The van der Waals surface area contributed by atoms with E-state index >= 15 is 0 Å². The van der Waals surface area contributed by atoms with Gasteiger partial charge >= 0.3 is 11.8 Å².